The molecule has 0 aliphatic carbocycles. The van der Waals surface area contributed by atoms with E-state index in [1.54, 1.807) is 17.0 Å². The van der Waals surface area contributed by atoms with Gasteiger partial charge in [-0.3, -0.25) is 10.2 Å². The lowest BCUT2D eigenvalue weighted by molar-refractivity contribution is -0.118. The van der Waals surface area contributed by atoms with Gasteiger partial charge in [0, 0.05) is 22.7 Å². The van der Waals surface area contributed by atoms with E-state index >= 15 is 0 Å². The van der Waals surface area contributed by atoms with E-state index in [4.69, 9.17) is 11.5 Å². The molecule has 1 amide bonds. The molecule has 0 saturated heterocycles. The smallest absolute Gasteiger partial charge is 0.237 e. The molecule has 0 atom stereocenters. The molecule has 1 heterocycles. The number of hydrazone groups is 1. The average molecular weight is 275 g/mol. The molecule has 5 N–H and O–H groups in total. The monoisotopic (exact) mass is 275 g/mol. The van der Waals surface area contributed by atoms with Crippen LogP contribution in [-0.4, -0.2) is 21.8 Å². The Hall–Kier alpha value is -2.41. The van der Waals surface area contributed by atoms with Crippen molar-refractivity contribution in [2.75, 3.05) is 0 Å². The summed E-state index contributed by atoms with van der Waals surface area (Å²) in [6.45, 7) is 0.122. The molecule has 0 radical (unpaired) electrons. The zero-order valence-electron chi connectivity index (χ0n) is 10.0. The van der Waals surface area contributed by atoms with Crippen LogP contribution in [0.15, 0.2) is 35.6 Å². The van der Waals surface area contributed by atoms with Gasteiger partial charge in [0.15, 0.2) is 5.11 Å². The first-order valence-corrected chi connectivity index (χ1v) is 5.93. The van der Waals surface area contributed by atoms with Crippen molar-refractivity contribution in [1.29, 1.82) is 0 Å². The number of primary amides is 1. The van der Waals surface area contributed by atoms with Gasteiger partial charge in [0.05, 0.1) is 6.21 Å². The van der Waals surface area contributed by atoms with Gasteiger partial charge in [-0.1, -0.05) is 18.2 Å². The molecule has 0 spiro atoms. The van der Waals surface area contributed by atoms with Crippen LogP contribution in [-0.2, 0) is 11.3 Å². The molecule has 7 heteroatoms. The molecule has 2 aromatic rings. The molecule has 0 bridgehead atoms. The van der Waals surface area contributed by atoms with Crippen molar-refractivity contribution in [1.82, 2.24) is 9.99 Å². The number of fused-ring (bicyclic) bond motifs is 1. The van der Waals surface area contributed by atoms with Gasteiger partial charge >= 0.3 is 0 Å². The highest BCUT2D eigenvalue weighted by Crippen LogP contribution is 2.19. The largest absolute Gasteiger partial charge is 0.375 e. The van der Waals surface area contributed by atoms with E-state index in [1.807, 2.05) is 24.3 Å². The molecule has 0 fully saturated rings. The van der Waals surface area contributed by atoms with Gasteiger partial charge in [-0.2, -0.15) is 5.10 Å². The number of carbonyl (C=O) groups is 1. The molecule has 0 saturated carbocycles. The van der Waals surface area contributed by atoms with Crippen LogP contribution in [0.5, 0.6) is 0 Å². The Balaban J connectivity index is 2.41. The first kappa shape index (κ1) is 13.0. The van der Waals surface area contributed by atoms with Crippen LogP contribution < -0.4 is 16.9 Å². The van der Waals surface area contributed by atoms with E-state index in [-0.39, 0.29) is 11.7 Å². The number of benzene rings is 1. The maximum atomic E-state index is 11.0. The van der Waals surface area contributed by atoms with E-state index in [0.29, 0.717) is 0 Å². The fourth-order valence-corrected chi connectivity index (χ4v) is 1.89. The van der Waals surface area contributed by atoms with Crippen LogP contribution in [0, 0.1) is 0 Å². The highest BCUT2D eigenvalue weighted by atomic mass is 32.1. The Labute approximate surface area is 115 Å². The van der Waals surface area contributed by atoms with Crippen LogP contribution in [0.4, 0.5) is 0 Å². The molecular weight excluding hydrogens is 262 g/mol. The summed E-state index contributed by atoms with van der Waals surface area (Å²) in [7, 11) is 0. The number of thiocarbonyl (C=S) groups is 1. The van der Waals surface area contributed by atoms with E-state index in [9.17, 15) is 4.79 Å². The fourth-order valence-electron chi connectivity index (χ4n) is 1.84. The number of aromatic nitrogens is 1. The topological polar surface area (TPSA) is 98.4 Å². The summed E-state index contributed by atoms with van der Waals surface area (Å²) in [5.41, 5.74) is 14.8. The third-order valence-corrected chi connectivity index (χ3v) is 2.62. The number of amides is 1. The van der Waals surface area contributed by atoms with Crippen molar-refractivity contribution in [2.24, 2.45) is 16.6 Å². The van der Waals surface area contributed by atoms with Crippen LogP contribution in [0.2, 0.25) is 0 Å². The minimum absolute atomic E-state index is 0.0946. The lowest BCUT2D eigenvalue weighted by Crippen LogP contribution is -2.23. The van der Waals surface area contributed by atoms with Gasteiger partial charge in [-0.15, -0.1) is 0 Å². The van der Waals surface area contributed by atoms with Gasteiger partial charge in [0.25, 0.3) is 0 Å². The quantitative estimate of drug-likeness (QED) is 0.424. The molecule has 0 unspecified atom stereocenters. The summed E-state index contributed by atoms with van der Waals surface area (Å²) >= 11 is 4.66. The number of hydrogen-bond acceptors (Lipinski definition) is 3. The predicted octanol–water partition coefficient (Wildman–Crippen LogP) is 0.294. The zero-order chi connectivity index (χ0) is 13.8. The summed E-state index contributed by atoms with van der Waals surface area (Å²) < 4.78 is 1.78. The molecular formula is C12H13N5OS. The Morgan fingerprint density at radius 1 is 1.42 bits per heavy atom. The maximum absolute atomic E-state index is 11.0. The summed E-state index contributed by atoms with van der Waals surface area (Å²) in [6.07, 6.45) is 3.40. The SMILES string of the molecule is NC(=O)Cn1cc(/C=N\NC(N)=S)c2ccccc21. The van der Waals surface area contributed by atoms with Gasteiger partial charge in [0.1, 0.15) is 6.54 Å². The molecule has 0 aliphatic heterocycles. The molecule has 2 rings (SSSR count). The van der Waals surface area contributed by atoms with Gasteiger partial charge in [-0.05, 0) is 18.3 Å². The second-order valence-corrected chi connectivity index (χ2v) is 4.37. The molecule has 0 aliphatic rings. The average Bonchev–Trinajstić information content (AvgIpc) is 2.67. The summed E-state index contributed by atoms with van der Waals surface area (Å²) in [4.78, 5) is 11.0. The van der Waals surface area contributed by atoms with E-state index in [1.165, 1.54) is 0 Å². The Morgan fingerprint density at radius 3 is 2.84 bits per heavy atom. The number of para-hydroxylation sites is 1. The third-order valence-electron chi connectivity index (χ3n) is 2.52. The van der Waals surface area contributed by atoms with E-state index in [0.717, 1.165) is 16.5 Å². The number of nitrogens with two attached hydrogens (primary N) is 2. The number of nitrogens with zero attached hydrogens (tertiary/aromatic N) is 2. The van der Waals surface area contributed by atoms with Crippen LogP contribution >= 0.6 is 12.2 Å². The van der Waals surface area contributed by atoms with Crippen molar-refractivity contribution in [3.63, 3.8) is 0 Å². The summed E-state index contributed by atoms with van der Waals surface area (Å²) in [5, 5.41) is 4.98. The first-order valence-electron chi connectivity index (χ1n) is 5.52. The van der Waals surface area contributed by atoms with Crippen LogP contribution in [0.3, 0.4) is 0 Å². The summed E-state index contributed by atoms with van der Waals surface area (Å²) in [5.74, 6) is -0.398. The normalized spacial score (nSPS) is 10.9. The number of rotatable bonds is 4. The van der Waals surface area contributed by atoms with Crippen molar-refractivity contribution in [2.45, 2.75) is 6.54 Å². The lowest BCUT2D eigenvalue weighted by atomic mass is 10.2. The van der Waals surface area contributed by atoms with Crippen molar-refractivity contribution in [3.8, 4) is 0 Å². The standard InChI is InChI=1S/C12H13N5OS/c13-11(18)7-17-6-8(5-15-16-12(14)19)9-3-1-2-4-10(9)17/h1-6H,7H2,(H2,13,18)(H3,14,16,19)/b15-5-. The second-order valence-electron chi connectivity index (χ2n) is 3.93. The van der Waals surface area contributed by atoms with Crippen molar-refractivity contribution < 1.29 is 4.79 Å². The van der Waals surface area contributed by atoms with Crippen molar-refractivity contribution >= 4 is 40.4 Å². The Bertz CT molecular complexity index is 661. The maximum Gasteiger partial charge on any atom is 0.237 e. The number of hydrogen-bond donors (Lipinski definition) is 3. The highest BCUT2D eigenvalue weighted by Gasteiger charge is 2.07. The van der Waals surface area contributed by atoms with Gasteiger partial charge in [-0.25, -0.2) is 0 Å². The summed E-state index contributed by atoms with van der Waals surface area (Å²) in [6, 6.07) is 7.66. The lowest BCUT2D eigenvalue weighted by Gasteiger charge is -2.00. The Kier molecular flexibility index (Phi) is 3.76. The minimum Gasteiger partial charge on any atom is -0.375 e. The zero-order valence-corrected chi connectivity index (χ0v) is 10.9. The Morgan fingerprint density at radius 2 is 2.16 bits per heavy atom. The van der Waals surface area contributed by atoms with Gasteiger partial charge < -0.3 is 16.0 Å². The molecule has 1 aromatic carbocycles. The minimum atomic E-state index is -0.398. The third kappa shape index (κ3) is 3.08. The second kappa shape index (κ2) is 5.49. The molecule has 19 heavy (non-hydrogen) atoms. The van der Waals surface area contributed by atoms with Crippen LogP contribution in [0.1, 0.15) is 5.56 Å². The van der Waals surface area contributed by atoms with Crippen molar-refractivity contribution in [3.05, 3.63) is 36.0 Å². The fraction of sp³-hybridized carbons (Fsp3) is 0.0833. The number of carbonyl (C=O) groups excluding carboxylic acids is 1. The molecule has 1 aromatic heterocycles. The van der Waals surface area contributed by atoms with E-state index < -0.39 is 5.91 Å². The number of nitrogens with one attached hydrogen (secondary N) is 1. The van der Waals surface area contributed by atoms with Crippen LogP contribution in [0.25, 0.3) is 10.9 Å². The first-order chi connectivity index (χ1) is 9.08. The van der Waals surface area contributed by atoms with E-state index in [2.05, 4.69) is 22.7 Å². The predicted molar refractivity (Wildman–Crippen MR) is 78.6 cm³/mol. The van der Waals surface area contributed by atoms with Gasteiger partial charge in [0.2, 0.25) is 5.91 Å². The molecule has 98 valence electrons. The highest BCUT2D eigenvalue weighted by molar-refractivity contribution is 7.80. The molecule has 6 nitrogen and oxygen atoms in total.